The summed E-state index contributed by atoms with van der Waals surface area (Å²) in [6.07, 6.45) is -1.09. The Morgan fingerprint density at radius 2 is 1.81 bits per heavy atom. The van der Waals surface area contributed by atoms with Crippen LogP contribution in [0.1, 0.15) is 42.7 Å². The molecule has 1 aromatic carbocycles. The zero-order valence-corrected chi connectivity index (χ0v) is 27.9. The van der Waals surface area contributed by atoms with E-state index in [0.29, 0.717) is 41.0 Å². The molecular weight excluding hydrogens is 679 g/mol. The number of carboxylic acid groups (broad SMARTS) is 1. The van der Waals surface area contributed by atoms with Crippen LogP contribution in [0.2, 0.25) is 0 Å². The van der Waals surface area contributed by atoms with Gasteiger partial charge in [-0.3, -0.25) is 19.5 Å². The summed E-state index contributed by atoms with van der Waals surface area (Å²) < 4.78 is 70.3. The molecule has 1 saturated heterocycles. The van der Waals surface area contributed by atoms with Crippen molar-refractivity contribution in [2.75, 3.05) is 36.0 Å². The molecule has 0 saturated carbocycles. The van der Waals surface area contributed by atoms with Gasteiger partial charge in [0.05, 0.1) is 49.0 Å². The number of hydrogen-bond donors (Lipinski definition) is 4. The van der Waals surface area contributed by atoms with E-state index in [1.165, 1.54) is 18.4 Å². The molecule has 19 heteroatoms. The van der Waals surface area contributed by atoms with Gasteiger partial charge in [0.15, 0.2) is 0 Å². The predicted molar refractivity (Wildman–Crippen MR) is 173 cm³/mol. The maximum Gasteiger partial charge on any atom is 0.490 e. The van der Waals surface area contributed by atoms with Crippen LogP contribution in [0.3, 0.4) is 0 Å². The number of aromatic nitrogens is 4. The van der Waals surface area contributed by atoms with Crippen molar-refractivity contribution >= 4 is 55.5 Å². The molecule has 0 radical (unpaired) electrons. The number of carbonyl (C=O) groups excluding carboxylic acids is 1. The summed E-state index contributed by atoms with van der Waals surface area (Å²) in [5.41, 5.74) is 3.10. The third-order valence-corrected chi connectivity index (χ3v) is 9.11. The Morgan fingerprint density at radius 1 is 1.15 bits per heavy atom. The number of rotatable bonds is 10. The topological polar surface area (TPSA) is 189 Å². The number of H-pyrrole nitrogens is 1. The quantitative estimate of drug-likeness (QED) is 0.178. The van der Waals surface area contributed by atoms with E-state index >= 15 is 0 Å². The molecule has 4 N–H and O–H groups in total. The van der Waals surface area contributed by atoms with Crippen LogP contribution in [0.5, 0.6) is 5.88 Å². The number of carbonyl (C=O) groups is 2. The monoisotopic (exact) mass is 713 g/mol. The maximum atomic E-state index is 13.3. The fraction of sp³-hybridized carbons (Fsp3) is 0.414. The average Bonchev–Trinajstić information content (AvgIpc) is 3.66. The Hall–Kier alpha value is -4.33. The first-order valence-corrected chi connectivity index (χ1v) is 17.1. The van der Waals surface area contributed by atoms with Crippen molar-refractivity contribution in [1.29, 1.82) is 0 Å². The van der Waals surface area contributed by atoms with Crippen LogP contribution in [0.25, 0.3) is 22.0 Å². The number of morpholine rings is 1. The number of aromatic amines is 1. The van der Waals surface area contributed by atoms with E-state index in [1.807, 2.05) is 6.07 Å². The van der Waals surface area contributed by atoms with Crippen molar-refractivity contribution in [3.05, 3.63) is 46.7 Å². The number of nitrogens with one attached hydrogen (secondary N) is 3. The lowest BCUT2D eigenvalue weighted by Crippen LogP contribution is -2.44. The number of ether oxygens (including phenoxy) is 2. The molecular formula is C29H34F3N7O7S2. The van der Waals surface area contributed by atoms with Crippen LogP contribution in [0, 0.1) is 0 Å². The smallest absolute Gasteiger partial charge is 0.480 e. The summed E-state index contributed by atoms with van der Waals surface area (Å²) in [5, 5.41) is 20.5. The predicted octanol–water partition coefficient (Wildman–Crippen LogP) is 4.74. The summed E-state index contributed by atoms with van der Waals surface area (Å²) in [6.45, 7) is 8.20. The summed E-state index contributed by atoms with van der Waals surface area (Å²) in [4.78, 5) is 33.3. The minimum atomic E-state index is -5.08. The molecule has 14 nitrogen and oxygen atoms in total. The third kappa shape index (κ3) is 9.61. The van der Waals surface area contributed by atoms with E-state index in [9.17, 15) is 26.4 Å². The van der Waals surface area contributed by atoms with Crippen molar-refractivity contribution in [1.82, 2.24) is 25.1 Å². The average molecular weight is 714 g/mol. The molecule has 1 fully saturated rings. The molecule has 2 atom stereocenters. The van der Waals surface area contributed by atoms with Gasteiger partial charge in [0.25, 0.3) is 5.91 Å². The number of thiazole rings is 1. The Morgan fingerprint density at radius 3 is 2.44 bits per heavy atom. The minimum absolute atomic E-state index is 0.0281. The van der Waals surface area contributed by atoms with Gasteiger partial charge in [0.1, 0.15) is 16.4 Å². The number of anilines is 2. The van der Waals surface area contributed by atoms with E-state index in [-0.39, 0.29) is 35.4 Å². The largest absolute Gasteiger partial charge is 0.490 e. The highest BCUT2D eigenvalue weighted by Crippen LogP contribution is 2.34. The Kier molecular flexibility index (Phi) is 11.6. The number of pyridine rings is 1. The molecule has 0 bridgehead atoms. The molecule has 0 spiro atoms. The molecule has 5 rings (SSSR count). The number of fused-ring (bicyclic) bond motifs is 1. The van der Waals surface area contributed by atoms with Gasteiger partial charge in [-0.2, -0.15) is 18.3 Å². The molecule has 4 heterocycles. The van der Waals surface area contributed by atoms with Gasteiger partial charge in [0.2, 0.25) is 15.9 Å². The third-order valence-electron chi connectivity index (χ3n) is 6.80. The molecule has 260 valence electrons. The number of aliphatic carboxylic acids is 1. The Balaban J connectivity index is 0.000000671. The molecule has 3 aromatic heterocycles. The number of nitrogens with zero attached hydrogens (tertiary/aromatic N) is 4. The van der Waals surface area contributed by atoms with Crippen LogP contribution in [-0.4, -0.2) is 94.8 Å². The molecule has 1 aliphatic heterocycles. The second-order valence-corrected chi connectivity index (χ2v) is 13.7. The Bertz CT molecular complexity index is 1850. The standard InChI is InChI=1S/C27H33N7O5S2.C2HF3O2/c1-5-6-41(36,37)33-23-9-19(10-28-27(23)38-4)18-7-21(20-11-29-32-22(20)8-18)31-26(35)24-15-40-25(30-24)14-34-12-16(2)39-17(3)13-34;3-2(4,5)1(6)7/h7-11,15-17,33H,5-6,12-14H2,1-4H3,(H,29,32)(H,31,35);(H,6,7)/t16-,17+;. The fourth-order valence-corrected chi connectivity index (χ4v) is 6.87. The molecule has 0 unspecified atom stereocenters. The Labute approximate surface area is 277 Å². The van der Waals surface area contributed by atoms with Crippen LogP contribution in [0.15, 0.2) is 36.0 Å². The lowest BCUT2D eigenvalue weighted by molar-refractivity contribution is -0.192. The number of amides is 1. The number of hydrogen-bond acceptors (Lipinski definition) is 11. The van der Waals surface area contributed by atoms with Gasteiger partial charge in [-0.1, -0.05) is 6.92 Å². The lowest BCUT2D eigenvalue weighted by Gasteiger charge is -2.34. The van der Waals surface area contributed by atoms with Gasteiger partial charge < -0.3 is 19.9 Å². The molecule has 4 aromatic rings. The normalized spacial score (nSPS) is 17.0. The van der Waals surface area contributed by atoms with E-state index in [1.54, 1.807) is 36.8 Å². The van der Waals surface area contributed by atoms with Crippen LogP contribution in [0.4, 0.5) is 24.5 Å². The second-order valence-electron chi connectivity index (χ2n) is 10.9. The summed E-state index contributed by atoms with van der Waals surface area (Å²) in [7, 11) is -2.14. The van der Waals surface area contributed by atoms with Gasteiger partial charge in [-0.15, -0.1) is 11.3 Å². The van der Waals surface area contributed by atoms with Crippen molar-refractivity contribution in [2.45, 2.75) is 52.1 Å². The highest BCUT2D eigenvalue weighted by atomic mass is 32.2. The zero-order valence-electron chi connectivity index (χ0n) is 26.3. The first-order valence-electron chi connectivity index (χ1n) is 14.5. The van der Waals surface area contributed by atoms with Crippen molar-refractivity contribution in [2.24, 2.45) is 0 Å². The number of methoxy groups -OCH3 is 1. The van der Waals surface area contributed by atoms with Crippen LogP contribution >= 0.6 is 11.3 Å². The zero-order chi connectivity index (χ0) is 35.2. The van der Waals surface area contributed by atoms with Crippen molar-refractivity contribution in [3.8, 4) is 17.0 Å². The SMILES string of the molecule is CCCS(=O)(=O)Nc1cc(-c2cc(NC(=O)c3csc(CN4C[C@@H](C)O[C@@H](C)C4)n3)c3cn[nH]c3c2)cnc1OC.O=C(O)C(F)(F)F. The van der Waals surface area contributed by atoms with E-state index < -0.39 is 22.2 Å². The van der Waals surface area contributed by atoms with Gasteiger partial charge >= 0.3 is 12.1 Å². The maximum absolute atomic E-state index is 13.3. The summed E-state index contributed by atoms with van der Waals surface area (Å²) >= 11 is 1.45. The van der Waals surface area contributed by atoms with Gasteiger partial charge in [-0.05, 0) is 44.0 Å². The lowest BCUT2D eigenvalue weighted by atomic mass is 10.0. The van der Waals surface area contributed by atoms with E-state index in [2.05, 4.69) is 49.0 Å². The van der Waals surface area contributed by atoms with Crippen molar-refractivity contribution in [3.63, 3.8) is 0 Å². The molecule has 0 aliphatic carbocycles. The number of alkyl halides is 3. The van der Waals surface area contributed by atoms with Gasteiger partial charge in [0, 0.05) is 35.6 Å². The highest BCUT2D eigenvalue weighted by molar-refractivity contribution is 7.92. The van der Waals surface area contributed by atoms with Crippen LogP contribution in [-0.2, 0) is 26.1 Å². The highest BCUT2D eigenvalue weighted by Gasteiger charge is 2.38. The molecule has 1 amide bonds. The number of benzene rings is 1. The first-order chi connectivity index (χ1) is 22.6. The number of carboxylic acids is 1. The molecule has 1 aliphatic rings. The molecule has 48 heavy (non-hydrogen) atoms. The number of sulfonamides is 1. The van der Waals surface area contributed by atoms with Crippen molar-refractivity contribution < 1.29 is 45.8 Å². The van der Waals surface area contributed by atoms with E-state index in [0.717, 1.165) is 23.5 Å². The minimum Gasteiger partial charge on any atom is -0.480 e. The fourth-order valence-electron chi connectivity index (χ4n) is 4.93. The number of halogens is 3. The van der Waals surface area contributed by atoms with Gasteiger partial charge in [-0.25, -0.2) is 23.2 Å². The van der Waals surface area contributed by atoms with Crippen LogP contribution < -0.4 is 14.8 Å². The second kappa shape index (κ2) is 15.3. The summed E-state index contributed by atoms with van der Waals surface area (Å²) in [5.74, 6) is -2.96. The first kappa shape index (κ1) is 36.5. The van der Waals surface area contributed by atoms with E-state index in [4.69, 9.17) is 19.4 Å². The summed E-state index contributed by atoms with van der Waals surface area (Å²) in [6, 6.07) is 5.31.